The van der Waals surface area contributed by atoms with Gasteiger partial charge < -0.3 is 14.6 Å². The molecule has 0 radical (unpaired) electrons. The molecule has 1 saturated carbocycles. The maximum atomic E-state index is 13.2. The van der Waals surface area contributed by atoms with Crippen LogP contribution in [0, 0.1) is 0 Å². The smallest absolute Gasteiger partial charge is 0.346 e. The van der Waals surface area contributed by atoms with Crippen molar-refractivity contribution in [1.29, 1.82) is 0 Å². The van der Waals surface area contributed by atoms with E-state index in [1.54, 1.807) is 7.11 Å². The van der Waals surface area contributed by atoms with Gasteiger partial charge in [0.2, 0.25) is 0 Å². The topological polar surface area (TPSA) is 85.2 Å². The third-order valence-electron chi connectivity index (χ3n) is 6.19. The number of carbonyl (C=O) groups excluding carboxylic acids is 1. The Labute approximate surface area is 174 Å². The SMILES string of the molecule is COCCn1nc(C2CCCN(C(=O)c3ccc4cc[nH]c4c3)C2)n(C2CC2)c1=O. The fourth-order valence-electron chi connectivity index (χ4n) is 4.45. The van der Waals surface area contributed by atoms with Crippen molar-refractivity contribution in [2.45, 2.75) is 44.2 Å². The number of aromatic nitrogens is 4. The van der Waals surface area contributed by atoms with E-state index in [2.05, 4.69) is 10.1 Å². The minimum Gasteiger partial charge on any atom is -0.383 e. The Morgan fingerprint density at radius 2 is 2.13 bits per heavy atom. The second kappa shape index (κ2) is 7.75. The molecule has 3 heterocycles. The monoisotopic (exact) mass is 409 g/mol. The molecule has 30 heavy (non-hydrogen) atoms. The van der Waals surface area contributed by atoms with E-state index in [1.807, 2.05) is 39.9 Å². The van der Waals surface area contributed by atoms with E-state index in [0.717, 1.165) is 49.0 Å². The van der Waals surface area contributed by atoms with Crippen molar-refractivity contribution in [3.63, 3.8) is 0 Å². The number of aromatic amines is 1. The molecule has 5 rings (SSSR count). The van der Waals surface area contributed by atoms with Gasteiger partial charge in [0.05, 0.1) is 13.2 Å². The second-order valence-corrected chi connectivity index (χ2v) is 8.33. The van der Waals surface area contributed by atoms with Crippen LogP contribution < -0.4 is 5.69 Å². The summed E-state index contributed by atoms with van der Waals surface area (Å²) in [4.78, 5) is 31.2. The van der Waals surface area contributed by atoms with E-state index in [4.69, 9.17) is 4.74 Å². The number of likely N-dealkylation sites (tertiary alicyclic amines) is 1. The van der Waals surface area contributed by atoms with Gasteiger partial charge >= 0.3 is 5.69 Å². The van der Waals surface area contributed by atoms with Crippen molar-refractivity contribution in [3.05, 3.63) is 52.3 Å². The molecule has 1 aliphatic carbocycles. The minimum absolute atomic E-state index is 0.0373. The Morgan fingerprint density at radius 3 is 2.93 bits per heavy atom. The molecule has 8 heteroatoms. The molecular weight excluding hydrogens is 382 g/mol. The summed E-state index contributed by atoms with van der Waals surface area (Å²) in [5.74, 6) is 0.945. The summed E-state index contributed by atoms with van der Waals surface area (Å²) < 4.78 is 8.53. The van der Waals surface area contributed by atoms with E-state index >= 15 is 0 Å². The van der Waals surface area contributed by atoms with Crippen LogP contribution in [0.5, 0.6) is 0 Å². The number of benzene rings is 1. The first-order valence-electron chi connectivity index (χ1n) is 10.7. The van der Waals surface area contributed by atoms with Crippen LogP contribution in [-0.4, -0.2) is 56.9 Å². The predicted molar refractivity (Wildman–Crippen MR) is 113 cm³/mol. The molecule has 1 saturated heterocycles. The highest BCUT2D eigenvalue weighted by Crippen LogP contribution is 2.37. The first-order chi connectivity index (χ1) is 14.7. The predicted octanol–water partition coefficient (Wildman–Crippen LogP) is 2.53. The van der Waals surface area contributed by atoms with E-state index < -0.39 is 0 Å². The van der Waals surface area contributed by atoms with E-state index in [0.29, 0.717) is 25.3 Å². The lowest BCUT2D eigenvalue weighted by atomic mass is 9.96. The number of rotatable bonds is 6. The maximum Gasteiger partial charge on any atom is 0.346 e. The molecule has 1 N–H and O–H groups in total. The fraction of sp³-hybridized carbons (Fsp3) is 0.500. The number of ether oxygens (including phenoxy) is 1. The van der Waals surface area contributed by atoms with Crippen molar-refractivity contribution in [2.75, 3.05) is 26.8 Å². The lowest BCUT2D eigenvalue weighted by Gasteiger charge is -2.32. The lowest BCUT2D eigenvalue weighted by molar-refractivity contribution is 0.0703. The molecule has 0 spiro atoms. The van der Waals surface area contributed by atoms with Gasteiger partial charge in [-0.1, -0.05) is 6.07 Å². The van der Waals surface area contributed by atoms with Crippen molar-refractivity contribution < 1.29 is 9.53 Å². The van der Waals surface area contributed by atoms with Crippen LogP contribution >= 0.6 is 0 Å². The number of nitrogens with one attached hydrogen (secondary N) is 1. The van der Waals surface area contributed by atoms with Crippen LogP contribution in [0.15, 0.2) is 35.3 Å². The Morgan fingerprint density at radius 1 is 1.27 bits per heavy atom. The molecule has 2 aliphatic rings. The molecule has 1 aliphatic heterocycles. The van der Waals surface area contributed by atoms with Gasteiger partial charge in [0, 0.05) is 49.4 Å². The standard InChI is InChI=1S/C22H27N5O3/c1-30-12-11-26-22(29)27(18-6-7-18)20(24-26)17-3-2-10-25(14-17)21(28)16-5-4-15-8-9-23-19(15)13-16/h4-5,8-9,13,17-18,23H,2-3,6-7,10-12,14H2,1H3. The van der Waals surface area contributed by atoms with Gasteiger partial charge in [0.1, 0.15) is 5.82 Å². The van der Waals surface area contributed by atoms with Gasteiger partial charge in [0.25, 0.3) is 5.91 Å². The summed E-state index contributed by atoms with van der Waals surface area (Å²) >= 11 is 0. The molecule has 158 valence electrons. The molecular formula is C22H27N5O3. The van der Waals surface area contributed by atoms with Gasteiger partial charge in [-0.25, -0.2) is 9.48 Å². The number of piperidine rings is 1. The third kappa shape index (κ3) is 3.45. The lowest BCUT2D eigenvalue weighted by Crippen LogP contribution is -2.40. The molecule has 1 atom stereocenters. The van der Waals surface area contributed by atoms with Crippen molar-refractivity contribution in [1.82, 2.24) is 24.2 Å². The summed E-state index contributed by atoms with van der Waals surface area (Å²) in [5.41, 5.74) is 1.61. The Bertz CT molecular complexity index is 1120. The number of methoxy groups -OCH3 is 1. The van der Waals surface area contributed by atoms with Gasteiger partial charge in [-0.15, -0.1) is 0 Å². The first-order valence-corrected chi connectivity index (χ1v) is 10.7. The number of nitrogens with zero attached hydrogens (tertiary/aromatic N) is 4. The summed E-state index contributed by atoms with van der Waals surface area (Å²) in [7, 11) is 1.62. The Hall–Kier alpha value is -2.87. The molecule has 1 amide bonds. The summed E-state index contributed by atoms with van der Waals surface area (Å²) in [6.45, 7) is 2.23. The largest absolute Gasteiger partial charge is 0.383 e. The first kappa shape index (κ1) is 19.1. The van der Waals surface area contributed by atoms with Crippen LogP contribution in [0.3, 0.4) is 0 Å². The number of carbonyl (C=O) groups is 1. The molecule has 1 unspecified atom stereocenters. The Balaban J connectivity index is 1.40. The molecule has 8 nitrogen and oxygen atoms in total. The summed E-state index contributed by atoms with van der Waals surface area (Å²) in [6.07, 6.45) is 5.77. The number of H-pyrrole nitrogens is 1. The number of hydrogen-bond acceptors (Lipinski definition) is 4. The fourth-order valence-corrected chi connectivity index (χ4v) is 4.45. The number of amides is 1. The van der Waals surface area contributed by atoms with Crippen LogP contribution in [0.25, 0.3) is 10.9 Å². The maximum absolute atomic E-state index is 13.2. The molecule has 1 aromatic carbocycles. The average molecular weight is 409 g/mol. The highest BCUT2D eigenvalue weighted by Gasteiger charge is 2.35. The van der Waals surface area contributed by atoms with Crippen molar-refractivity contribution >= 4 is 16.8 Å². The zero-order valence-electron chi connectivity index (χ0n) is 17.2. The average Bonchev–Trinajstić information content (AvgIpc) is 3.40. The third-order valence-corrected chi connectivity index (χ3v) is 6.19. The normalized spacial score (nSPS) is 19.5. The number of hydrogen-bond donors (Lipinski definition) is 1. The van der Waals surface area contributed by atoms with E-state index in [-0.39, 0.29) is 23.6 Å². The highest BCUT2D eigenvalue weighted by molar-refractivity contribution is 5.98. The highest BCUT2D eigenvalue weighted by atomic mass is 16.5. The summed E-state index contributed by atoms with van der Waals surface area (Å²) in [5, 5.41) is 5.77. The van der Waals surface area contributed by atoms with Gasteiger partial charge in [-0.2, -0.15) is 5.10 Å². The zero-order valence-corrected chi connectivity index (χ0v) is 17.2. The van der Waals surface area contributed by atoms with Gasteiger partial charge in [-0.3, -0.25) is 9.36 Å². The molecule has 3 aromatic rings. The number of fused-ring (bicyclic) bond motifs is 1. The van der Waals surface area contributed by atoms with Crippen LogP contribution in [-0.2, 0) is 11.3 Å². The van der Waals surface area contributed by atoms with Crippen molar-refractivity contribution in [2.24, 2.45) is 0 Å². The van der Waals surface area contributed by atoms with Gasteiger partial charge in [0.15, 0.2) is 0 Å². The summed E-state index contributed by atoms with van der Waals surface area (Å²) in [6, 6.07) is 8.04. The van der Waals surface area contributed by atoms with E-state index in [9.17, 15) is 9.59 Å². The van der Waals surface area contributed by atoms with Crippen LogP contribution in [0.1, 0.15) is 53.8 Å². The molecule has 0 bridgehead atoms. The quantitative estimate of drug-likeness (QED) is 0.678. The second-order valence-electron chi connectivity index (χ2n) is 8.33. The van der Waals surface area contributed by atoms with E-state index in [1.165, 1.54) is 4.68 Å². The Kier molecular flexibility index (Phi) is 4.94. The zero-order chi connectivity index (χ0) is 20.7. The van der Waals surface area contributed by atoms with Crippen molar-refractivity contribution in [3.8, 4) is 0 Å². The van der Waals surface area contributed by atoms with Gasteiger partial charge in [-0.05, 0) is 49.3 Å². The molecule has 2 aromatic heterocycles. The molecule has 2 fully saturated rings. The minimum atomic E-state index is -0.0507. The van der Waals surface area contributed by atoms with Crippen LogP contribution in [0.2, 0.25) is 0 Å². The van der Waals surface area contributed by atoms with Crippen LogP contribution in [0.4, 0.5) is 0 Å².